The first-order chi connectivity index (χ1) is 8.58. The predicted molar refractivity (Wildman–Crippen MR) is 68.9 cm³/mol. The summed E-state index contributed by atoms with van der Waals surface area (Å²) in [5, 5.41) is 0. The third-order valence-corrected chi connectivity index (χ3v) is 3.07. The van der Waals surface area contributed by atoms with Crippen LogP contribution in [0.4, 0.5) is 8.78 Å². The van der Waals surface area contributed by atoms with E-state index in [1.807, 2.05) is 0 Å². The molecule has 0 bridgehead atoms. The first-order valence-electron chi connectivity index (χ1n) is 5.37. The minimum absolute atomic E-state index is 0.00461. The van der Waals surface area contributed by atoms with E-state index in [-0.39, 0.29) is 12.0 Å². The zero-order chi connectivity index (χ0) is 13.1. The molecule has 1 unspecified atom stereocenters. The van der Waals surface area contributed by atoms with Crippen LogP contribution in [0.25, 0.3) is 0 Å². The standard InChI is InChI=1S/C13H11BrF2N2/c14-9-4-8(6-18-7-9)13(17)5-10-11(15)2-1-3-12(10)16/h1-4,6-7,13H,5,17H2. The normalized spacial score (nSPS) is 12.4. The lowest BCUT2D eigenvalue weighted by atomic mass is 10.0. The summed E-state index contributed by atoms with van der Waals surface area (Å²) in [6, 6.07) is 5.08. The Balaban J connectivity index is 2.24. The third kappa shape index (κ3) is 2.91. The molecule has 1 aromatic heterocycles. The van der Waals surface area contributed by atoms with Crippen LogP contribution in [-0.2, 0) is 6.42 Å². The van der Waals surface area contributed by atoms with Crippen LogP contribution in [0, 0.1) is 11.6 Å². The minimum Gasteiger partial charge on any atom is -0.324 e. The number of aromatic nitrogens is 1. The lowest BCUT2D eigenvalue weighted by Gasteiger charge is -2.13. The number of hydrogen-bond donors (Lipinski definition) is 1. The number of pyridine rings is 1. The first kappa shape index (κ1) is 13.1. The molecule has 18 heavy (non-hydrogen) atoms. The van der Waals surface area contributed by atoms with Gasteiger partial charge < -0.3 is 5.73 Å². The van der Waals surface area contributed by atoms with Crippen molar-refractivity contribution in [2.45, 2.75) is 12.5 Å². The highest BCUT2D eigenvalue weighted by Crippen LogP contribution is 2.21. The Labute approximate surface area is 112 Å². The Hall–Kier alpha value is -1.33. The molecule has 0 aliphatic heterocycles. The maximum absolute atomic E-state index is 13.5. The summed E-state index contributed by atoms with van der Waals surface area (Å²) in [6.45, 7) is 0. The molecule has 0 saturated heterocycles. The van der Waals surface area contributed by atoms with Gasteiger partial charge in [0.1, 0.15) is 11.6 Å². The van der Waals surface area contributed by atoms with Crippen molar-refractivity contribution in [2.24, 2.45) is 5.73 Å². The molecule has 0 aliphatic carbocycles. The van der Waals surface area contributed by atoms with Crippen molar-refractivity contribution in [3.63, 3.8) is 0 Å². The molecule has 1 heterocycles. The quantitative estimate of drug-likeness (QED) is 0.943. The summed E-state index contributed by atoms with van der Waals surface area (Å²) in [7, 11) is 0. The minimum atomic E-state index is -0.576. The number of hydrogen-bond acceptors (Lipinski definition) is 2. The van der Waals surface area contributed by atoms with Gasteiger partial charge in [-0.1, -0.05) is 6.07 Å². The second-order valence-electron chi connectivity index (χ2n) is 3.95. The van der Waals surface area contributed by atoms with E-state index in [4.69, 9.17) is 5.73 Å². The van der Waals surface area contributed by atoms with Crippen LogP contribution < -0.4 is 5.73 Å². The van der Waals surface area contributed by atoms with Gasteiger partial charge in [0, 0.05) is 28.5 Å². The van der Waals surface area contributed by atoms with Crippen molar-refractivity contribution in [2.75, 3.05) is 0 Å². The van der Waals surface area contributed by atoms with Gasteiger partial charge in [0.15, 0.2) is 0 Å². The average molecular weight is 313 g/mol. The molecule has 0 amide bonds. The smallest absolute Gasteiger partial charge is 0.129 e. The fourth-order valence-corrected chi connectivity index (χ4v) is 2.08. The van der Waals surface area contributed by atoms with Gasteiger partial charge in [0.05, 0.1) is 0 Å². The summed E-state index contributed by atoms with van der Waals surface area (Å²) in [4.78, 5) is 3.98. The zero-order valence-electron chi connectivity index (χ0n) is 9.41. The van der Waals surface area contributed by atoms with Crippen molar-refractivity contribution < 1.29 is 8.78 Å². The van der Waals surface area contributed by atoms with Crippen LogP contribution in [0.1, 0.15) is 17.2 Å². The van der Waals surface area contributed by atoms with E-state index >= 15 is 0 Å². The van der Waals surface area contributed by atoms with E-state index in [9.17, 15) is 8.78 Å². The van der Waals surface area contributed by atoms with Crippen LogP contribution >= 0.6 is 15.9 Å². The molecule has 0 aliphatic rings. The summed E-state index contributed by atoms with van der Waals surface area (Å²) >= 11 is 3.28. The average Bonchev–Trinajstić information content (AvgIpc) is 2.34. The van der Waals surface area contributed by atoms with Crippen molar-refractivity contribution in [3.05, 3.63) is 63.9 Å². The maximum atomic E-state index is 13.5. The molecular formula is C13H11BrF2N2. The fourth-order valence-electron chi connectivity index (χ4n) is 1.70. The molecule has 0 radical (unpaired) electrons. The Morgan fingerprint density at radius 1 is 1.22 bits per heavy atom. The zero-order valence-corrected chi connectivity index (χ0v) is 11.0. The van der Waals surface area contributed by atoms with E-state index in [0.717, 1.165) is 10.0 Å². The molecule has 2 aromatic rings. The molecule has 5 heteroatoms. The summed E-state index contributed by atoms with van der Waals surface area (Å²) < 4.78 is 27.8. The monoisotopic (exact) mass is 312 g/mol. The van der Waals surface area contributed by atoms with E-state index in [2.05, 4.69) is 20.9 Å². The topological polar surface area (TPSA) is 38.9 Å². The van der Waals surface area contributed by atoms with Crippen LogP contribution in [0.3, 0.4) is 0 Å². The molecule has 2 rings (SSSR count). The molecule has 94 valence electrons. The lowest BCUT2D eigenvalue weighted by Crippen LogP contribution is -2.15. The Morgan fingerprint density at radius 2 is 1.89 bits per heavy atom. The van der Waals surface area contributed by atoms with Crippen molar-refractivity contribution in [3.8, 4) is 0 Å². The molecule has 1 aromatic carbocycles. The second-order valence-corrected chi connectivity index (χ2v) is 4.86. The van der Waals surface area contributed by atoms with Crippen LogP contribution in [0.5, 0.6) is 0 Å². The first-order valence-corrected chi connectivity index (χ1v) is 6.16. The van der Waals surface area contributed by atoms with Gasteiger partial charge in [-0.25, -0.2) is 8.78 Å². The number of halogens is 3. The molecular weight excluding hydrogens is 302 g/mol. The SMILES string of the molecule is NC(Cc1c(F)cccc1F)c1cncc(Br)c1. The summed E-state index contributed by atoms with van der Waals surface area (Å²) in [6.07, 6.45) is 3.31. The van der Waals surface area contributed by atoms with E-state index < -0.39 is 17.7 Å². The van der Waals surface area contributed by atoms with Gasteiger partial charge in [0.2, 0.25) is 0 Å². The highest BCUT2D eigenvalue weighted by molar-refractivity contribution is 9.10. The number of nitrogens with zero attached hydrogens (tertiary/aromatic N) is 1. The number of rotatable bonds is 3. The highest BCUT2D eigenvalue weighted by atomic mass is 79.9. The van der Waals surface area contributed by atoms with E-state index in [1.165, 1.54) is 18.2 Å². The van der Waals surface area contributed by atoms with Crippen LogP contribution in [0.2, 0.25) is 0 Å². The van der Waals surface area contributed by atoms with Gasteiger partial charge in [-0.3, -0.25) is 4.98 Å². The second kappa shape index (κ2) is 5.54. The van der Waals surface area contributed by atoms with Crippen molar-refractivity contribution in [1.82, 2.24) is 4.98 Å². The predicted octanol–water partition coefficient (Wildman–Crippen LogP) is 3.36. The lowest BCUT2D eigenvalue weighted by molar-refractivity contribution is 0.539. The summed E-state index contributed by atoms with van der Waals surface area (Å²) in [5.41, 5.74) is 6.67. The van der Waals surface area contributed by atoms with Crippen LogP contribution in [-0.4, -0.2) is 4.98 Å². The van der Waals surface area contributed by atoms with E-state index in [1.54, 1.807) is 18.5 Å². The maximum Gasteiger partial charge on any atom is 0.129 e. The van der Waals surface area contributed by atoms with Crippen molar-refractivity contribution >= 4 is 15.9 Å². The Kier molecular flexibility index (Phi) is 4.04. The molecule has 0 fully saturated rings. The Morgan fingerprint density at radius 3 is 2.50 bits per heavy atom. The summed E-state index contributed by atoms with van der Waals surface area (Å²) in [5.74, 6) is -1.15. The third-order valence-electron chi connectivity index (χ3n) is 2.64. The van der Waals surface area contributed by atoms with Gasteiger partial charge in [-0.2, -0.15) is 0 Å². The number of benzene rings is 1. The molecule has 2 N–H and O–H groups in total. The molecule has 0 saturated carbocycles. The Bertz CT molecular complexity index is 540. The van der Waals surface area contributed by atoms with Gasteiger partial charge >= 0.3 is 0 Å². The molecule has 2 nitrogen and oxygen atoms in total. The van der Waals surface area contributed by atoms with Gasteiger partial charge in [-0.05, 0) is 46.1 Å². The number of nitrogens with two attached hydrogens (primary N) is 1. The molecule has 1 atom stereocenters. The fraction of sp³-hybridized carbons (Fsp3) is 0.154. The highest BCUT2D eigenvalue weighted by Gasteiger charge is 2.14. The van der Waals surface area contributed by atoms with Crippen LogP contribution in [0.15, 0.2) is 41.1 Å². The largest absolute Gasteiger partial charge is 0.324 e. The van der Waals surface area contributed by atoms with Gasteiger partial charge in [-0.15, -0.1) is 0 Å². The van der Waals surface area contributed by atoms with Gasteiger partial charge in [0.25, 0.3) is 0 Å². The molecule has 0 spiro atoms. The van der Waals surface area contributed by atoms with Crippen molar-refractivity contribution in [1.29, 1.82) is 0 Å². The van der Waals surface area contributed by atoms with E-state index in [0.29, 0.717) is 0 Å².